The van der Waals surface area contributed by atoms with E-state index >= 15 is 0 Å². The molecule has 21 heavy (non-hydrogen) atoms. The molecule has 116 valence electrons. The first kappa shape index (κ1) is 15.4. The number of hydrogen-bond donors (Lipinski definition) is 0. The minimum atomic E-state index is 0.406. The second-order valence-electron chi connectivity index (χ2n) is 6.50. The maximum Gasteiger partial charge on any atom is 0.118 e. The molecule has 0 aliphatic heterocycles. The average molecular weight is 353 g/mol. The summed E-state index contributed by atoms with van der Waals surface area (Å²) >= 11 is 3.90. The maximum atomic E-state index is 6.29. The van der Waals surface area contributed by atoms with Gasteiger partial charge in [-0.1, -0.05) is 53.7 Å². The fourth-order valence-corrected chi connectivity index (χ4v) is 4.97. The van der Waals surface area contributed by atoms with Crippen LogP contribution in [0.3, 0.4) is 0 Å². The summed E-state index contributed by atoms with van der Waals surface area (Å²) in [6, 6.07) is 8.22. The van der Waals surface area contributed by atoms with Gasteiger partial charge in [0.2, 0.25) is 0 Å². The van der Waals surface area contributed by atoms with E-state index in [0.717, 1.165) is 18.8 Å². The highest BCUT2D eigenvalue weighted by Gasteiger charge is 2.53. The lowest BCUT2D eigenvalue weighted by Crippen LogP contribution is -2.55. The zero-order valence-electron chi connectivity index (χ0n) is 12.8. The summed E-state index contributed by atoms with van der Waals surface area (Å²) in [6.45, 7) is 0.718. The van der Waals surface area contributed by atoms with Gasteiger partial charge in [-0.15, -0.1) is 0 Å². The summed E-state index contributed by atoms with van der Waals surface area (Å²) in [7, 11) is 1.70. The van der Waals surface area contributed by atoms with Crippen molar-refractivity contribution in [3.63, 3.8) is 0 Å². The van der Waals surface area contributed by atoms with Crippen molar-refractivity contribution in [1.82, 2.24) is 0 Å². The summed E-state index contributed by atoms with van der Waals surface area (Å²) in [4.78, 5) is 0.656. The van der Waals surface area contributed by atoms with Crippen LogP contribution in [0.25, 0.3) is 0 Å². The Morgan fingerprint density at radius 1 is 1.10 bits per heavy atom. The van der Waals surface area contributed by atoms with Crippen LogP contribution in [0, 0.1) is 5.41 Å². The molecule has 0 saturated heterocycles. The summed E-state index contributed by atoms with van der Waals surface area (Å²) < 4.78 is 11.5. The van der Waals surface area contributed by atoms with Crippen molar-refractivity contribution in [1.29, 1.82) is 0 Å². The van der Waals surface area contributed by atoms with E-state index in [-0.39, 0.29) is 0 Å². The van der Waals surface area contributed by atoms with E-state index in [2.05, 4.69) is 28.1 Å². The molecule has 2 unspecified atom stereocenters. The molecule has 0 bridgehead atoms. The van der Waals surface area contributed by atoms with E-state index in [1.807, 2.05) is 12.1 Å². The molecule has 1 aromatic carbocycles. The molecule has 1 spiro atoms. The molecule has 2 nitrogen and oxygen atoms in total. The molecule has 0 aromatic heterocycles. The molecule has 3 rings (SSSR count). The molecule has 0 heterocycles. The standard InChI is InChI=1S/C18H25BrO2/c1-20-15-8-6-14(7-9-15)13-21-17-12-16(19)18(17)10-4-2-3-5-11-18/h6-9,16-17H,2-5,10-13H2,1H3. The zero-order chi connectivity index (χ0) is 14.7. The lowest BCUT2D eigenvalue weighted by molar-refractivity contribution is -0.118. The SMILES string of the molecule is COc1ccc(COC2CC(Br)C23CCCCCC3)cc1. The Hall–Kier alpha value is -0.540. The second-order valence-corrected chi connectivity index (χ2v) is 7.60. The number of hydrogen-bond acceptors (Lipinski definition) is 2. The number of rotatable bonds is 4. The van der Waals surface area contributed by atoms with Crippen LogP contribution < -0.4 is 4.74 Å². The van der Waals surface area contributed by atoms with Crippen LogP contribution in [0.1, 0.15) is 50.5 Å². The van der Waals surface area contributed by atoms with Crippen LogP contribution in [-0.2, 0) is 11.3 Å². The number of benzene rings is 1. The zero-order valence-corrected chi connectivity index (χ0v) is 14.4. The van der Waals surface area contributed by atoms with Crippen molar-refractivity contribution in [2.45, 2.75) is 62.5 Å². The fraction of sp³-hybridized carbons (Fsp3) is 0.667. The number of halogens is 1. The molecule has 2 atom stereocenters. The van der Waals surface area contributed by atoms with Gasteiger partial charge in [0.1, 0.15) is 5.75 Å². The van der Waals surface area contributed by atoms with Crippen LogP contribution in [0.5, 0.6) is 5.75 Å². The fourth-order valence-electron chi connectivity index (χ4n) is 3.87. The Bertz CT molecular complexity index is 449. The van der Waals surface area contributed by atoms with Crippen LogP contribution >= 0.6 is 15.9 Å². The molecular formula is C18H25BrO2. The minimum Gasteiger partial charge on any atom is -0.497 e. The van der Waals surface area contributed by atoms with Gasteiger partial charge in [0, 0.05) is 10.2 Å². The van der Waals surface area contributed by atoms with Crippen LogP contribution in [0.4, 0.5) is 0 Å². The Morgan fingerprint density at radius 2 is 1.76 bits per heavy atom. The van der Waals surface area contributed by atoms with Gasteiger partial charge >= 0.3 is 0 Å². The van der Waals surface area contributed by atoms with E-state index in [1.54, 1.807) is 7.11 Å². The first-order valence-electron chi connectivity index (χ1n) is 8.13. The van der Waals surface area contributed by atoms with Crippen molar-refractivity contribution >= 4 is 15.9 Å². The number of alkyl halides is 1. The Morgan fingerprint density at radius 3 is 2.33 bits per heavy atom. The summed E-state index contributed by atoms with van der Waals surface area (Å²) in [5, 5.41) is 0. The Balaban J connectivity index is 1.59. The van der Waals surface area contributed by atoms with E-state index < -0.39 is 0 Å². The normalized spacial score (nSPS) is 27.9. The van der Waals surface area contributed by atoms with Crippen molar-refractivity contribution < 1.29 is 9.47 Å². The van der Waals surface area contributed by atoms with Crippen LogP contribution in [-0.4, -0.2) is 18.0 Å². The predicted molar refractivity (Wildman–Crippen MR) is 89.0 cm³/mol. The van der Waals surface area contributed by atoms with Gasteiger partial charge in [0.05, 0.1) is 19.8 Å². The summed E-state index contributed by atoms with van der Waals surface area (Å²) in [5.74, 6) is 0.906. The second kappa shape index (κ2) is 6.70. The molecule has 2 saturated carbocycles. The third-order valence-corrected chi connectivity index (χ3v) is 6.62. The lowest BCUT2D eigenvalue weighted by atomic mass is 9.61. The lowest BCUT2D eigenvalue weighted by Gasteiger charge is -2.53. The summed E-state index contributed by atoms with van der Waals surface area (Å²) in [6.07, 6.45) is 9.78. The number of ether oxygens (including phenoxy) is 2. The summed E-state index contributed by atoms with van der Waals surface area (Å²) in [5.41, 5.74) is 1.64. The largest absolute Gasteiger partial charge is 0.497 e. The van der Waals surface area contributed by atoms with E-state index in [0.29, 0.717) is 16.3 Å². The quantitative estimate of drug-likeness (QED) is 0.702. The Labute approximate surface area is 136 Å². The van der Waals surface area contributed by atoms with Gasteiger partial charge in [0.15, 0.2) is 0 Å². The predicted octanol–water partition coefficient (Wildman–Crippen LogP) is 5.09. The molecule has 1 aromatic rings. The van der Waals surface area contributed by atoms with E-state index in [4.69, 9.17) is 9.47 Å². The highest BCUT2D eigenvalue weighted by Crippen LogP contribution is 2.55. The van der Waals surface area contributed by atoms with Crippen LogP contribution in [0.2, 0.25) is 0 Å². The first-order chi connectivity index (χ1) is 10.2. The van der Waals surface area contributed by atoms with E-state index in [1.165, 1.54) is 44.1 Å². The maximum absolute atomic E-state index is 6.29. The molecule has 3 heteroatoms. The van der Waals surface area contributed by atoms with Crippen molar-refractivity contribution in [3.8, 4) is 5.75 Å². The molecule has 0 amide bonds. The van der Waals surface area contributed by atoms with Gasteiger partial charge in [-0.05, 0) is 37.0 Å². The number of methoxy groups -OCH3 is 1. The smallest absolute Gasteiger partial charge is 0.118 e. The third-order valence-electron chi connectivity index (χ3n) is 5.33. The molecule has 0 radical (unpaired) electrons. The van der Waals surface area contributed by atoms with E-state index in [9.17, 15) is 0 Å². The highest BCUT2D eigenvalue weighted by atomic mass is 79.9. The molecular weight excluding hydrogens is 328 g/mol. The average Bonchev–Trinajstić information content (AvgIpc) is 2.80. The van der Waals surface area contributed by atoms with Gasteiger partial charge < -0.3 is 9.47 Å². The topological polar surface area (TPSA) is 18.5 Å². The van der Waals surface area contributed by atoms with Gasteiger partial charge in [-0.2, -0.15) is 0 Å². The Kier molecular flexibility index (Phi) is 4.90. The van der Waals surface area contributed by atoms with Gasteiger partial charge in [-0.25, -0.2) is 0 Å². The van der Waals surface area contributed by atoms with Crippen LogP contribution in [0.15, 0.2) is 24.3 Å². The van der Waals surface area contributed by atoms with Crippen molar-refractivity contribution in [3.05, 3.63) is 29.8 Å². The molecule has 2 aliphatic rings. The minimum absolute atomic E-state index is 0.406. The first-order valence-corrected chi connectivity index (χ1v) is 9.05. The van der Waals surface area contributed by atoms with Gasteiger partial charge in [-0.3, -0.25) is 0 Å². The monoisotopic (exact) mass is 352 g/mol. The molecule has 0 N–H and O–H groups in total. The molecule has 2 aliphatic carbocycles. The highest BCUT2D eigenvalue weighted by molar-refractivity contribution is 9.09. The van der Waals surface area contributed by atoms with Crippen molar-refractivity contribution in [2.24, 2.45) is 5.41 Å². The molecule has 2 fully saturated rings. The third kappa shape index (κ3) is 3.14. The van der Waals surface area contributed by atoms with Gasteiger partial charge in [0.25, 0.3) is 0 Å². The van der Waals surface area contributed by atoms with Crippen molar-refractivity contribution in [2.75, 3.05) is 7.11 Å².